The largest absolute Gasteiger partial charge is 0.490 e. The van der Waals surface area contributed by atoms with E-state index in [4.69, 9.17) is 14.4 Å². The monoisotopic (exact) mass is 463 g/mol. The van der Waals surface area contributed by atoms with Crippen molar-refractivity contribution in [3.05, 3.63) is 58.9 Å². The standard InChI is InChI=1S/C21H23N3O2.C2HF3O2/c1-14-3-5-17(6-4-14)20(25)18-7-9-24(10-8-18)13-16-11-19-15(2)23-26-21(19)22-12-16;3-2(4,5)1(6)7/h3-6,11-12,18H,7-10,13H2,1-2H3;(H,6,7). The molecule has 1 fully saturated rings. The number of carboxylic acid groups (broad SMARTS) is 1. The van der Waals surface area contributed by atoms with E-state index < -0.39 is 12.1 Å². The molecule has 2 aromatic heterocycles. The number of alkyl halides is 3. The van der Waals surface area contributed by atoms with E-state index in [2.05, 4.69) is 21.1 Å². The van der Waals surface area contributed by atoms with Gasteiger partial charge in [0.1, 0.15) is 0 Å². The Hall–Kier alpha value is -3.27. The van der Waals surface area contributed by atoms with Gasteiger partial charge in [0.15, 0.2) is 5.78 Å². The number of carbonyl (C=O) groups is 2. The van der Waals surface area contributed by atoms with E-state index in [1.807, 2.05) is 44.3 Å². The number of nitrogens with zero attached hydrogens (tertiary/aromatic N) is 3. The number of rotatable bonds is 4. The molecule has 1 aromatic carbocycles. The Bertz CT molecular complexity index is 1120. The van der Waals surface area contributed by atoms with Gasteiger partial charge in [0, 0.05) is 24.2 Å². The van der Waals surface area contributed by atoms with Gasteiger partial charge >= 0.3 is 12.1 Å². The highest BCUT2D eigenvalue weighted by molar-refractivity contribution is 5.97. The summed E-state index contributed by atoms with van der Waals surface area (Å²) in [5, 5.41) is 12.1. The zero-order valence-electron chi connectivity index (χ0n) is 18.2. The van der Waals surface area contributed by atoms with Crippen molar-refractivity contribution in [2.75, 3.05) is 13.1 Å². The predicted octanol–water partition coefficient (Wildman–Crippen LogP) is 4.57. The number of carboxylic acids is 1. The number of aliphatic carboxylic acids is 1. The maximum absolute atomic E-state index is 12.7. The number of piperidine rings is 1. The average Bonchev–Trinajstić information content (AvgIpc) is 3.14. The summed E-state index contributed by atoms with van der Waals surface area (Å²) < 4.78 is 36.9. The minimum absolute atomic E-state index is 0.134. The predicted molar refractivity (Wildman–Crippen MR) is 114 cm³/mol. The van der Waals surface area contributed by atoms with Gasteiger partial charge in [-0.2, -0.15) is 13.2 Å². The molecule has 7 nitrogen and oxygen atoms in total. The first-order chi connectivity index (χ1) is 15.5. The molecule has 3 aromatic rings. The van der Waals surface area contributed by atoms with Crippen LogP contribution in [0.25, 0.3) is 11.1 Å². The van der Waals surface area contributed by atoms with Gasteiger partial charge in [0.25, 0.3) is 5.71 Å². The number of carbonyl (C=O) groups excluding carboxylic acids is 1. The Morgan fingerprint density at radius 1 is 1.15 bits per heavy atom. The average molecular weight is 463 g/mol. The lowest BCUT2D eigenvalue weighted by molar-refractivity contribution is -0.192. The molecule has 0 amide bonds. The Morgan fingerprint density at radius 2 is 1.76 bits per heavy atom. The summed E-state index contributed by atoms with van der Waals surface area (Å²) in [6.07, 6.45) is -1.40. The first kappa shape index (κ1) is 24.4. The summed E-state index contributed by atoms with van der Waals surface area (Å²) in [4.78, 5) is 28.3. The Balaban J connectivity index is 0.000000383. The molecule has 0 bridgehead atoms. The van der Waals surface area contributed by atoms with Gasteiger partial charge in [-0.15, -0.1) is 0 Å². The zero-order chi connectivity index (χ0) is 24.2. The Kier molecular flexibility index (Phi) is 7.47. The van der Waals surface area contributed by atoms with Crippen LogP contribution in [-0.2, 0) is 11.3 Å². The molecular weight excluding hydrogens is 439 g/mol. The SMILES string of the molecule is Cc1ccc(C(=O)C2CCN(Cc3cnc4onc(C)c4c3)CC2)cc1.O=C(O)C(F)(F)F. The number of aryl methyl sites for hydroxylation is 2. The first-order valence-electron chi connectivity index (χ1n) is 10.4. The van der Waals surface area contributed by atoms with Gasteiger partial charge in [0.05, 0.1) is 11.1 Å². The second-order valence-electron chi connectivity index (χ2n) is 8.05. The first-order valence-corrected chi connectivity index (χ1v) is 10.4. The summed E-state index contributed by atoms with van der Waals surface area (Å²) in [7, 11) is 0. The van der Waals surface area contributed by atoms with E-state index in [0.29, 0.717) is 5.71 Å². The summed E-state index contributed by atoms with van der Waals surface area (Å²) in [5.41, 5.74) is 4.65. The molecule has 176 valence electrons. The summed E-state index contributed by atoms with van der Waals surface area (Å²) in [5.74, 6) is -2.34. The quantitative estimate of drug-likeness (QED) is 0.566. The minimum atomic E-state index is -5.08. The van der Waals surface area contributed by atoms with Crippen molar-refractivity contribution < 1.29 is 32.4 Å². The van der Waals surface area contributed by atoms with Crippen LogP contribution < -0.4 is 0 Å². The number of aromatic nitrogens is 2. The molecule has 1 saturated heterocycles. The van der Waals surface area contributed by atoms with Crippen LogP contribution in [0.15, 0.2) is 41.1 Å². The van der Waals surface area contributed by atoms with Crippen LogP contribution in [0.1, 0.15) is 40.0 Å². The maximum atomic E-state index is 12.7. The molecule has 0 unspecified atom stereocenters. The van der Waals surface area contributed by atoms with Crippen molar-refractivity contribution in [1.29, 1.82) is 0 Å². The number of fused-ring (bicyclic) bond motifs is 1. The Labute approximate surface area is 188 Å². The molecule has 0 atom stereocenters. The number of hydrogen-bond acceptors (Lipinski definition) is 6. The van der Waals surface area contributed by atoms with Gasteiger partial charge in [-0.1, -0.05) is 35.0 Å². The fraction of sp³-hybridized carbons (Fsp3) is 0.391. The highest BCUT2D eigenvalue weighted by Gasteiger charge is 2.38. The minimum Gasteiger partial charge on any atom is -0.475 e. The molecule has 1 N–H and O–H groups in total. The van der Waals surface area contributed by atoms with Crippen LogP contribution in [0.2, 0.25) is 0 Å². The summed E-state index contributed by atoms with van der Waals surface area (Å²) in [6, 6.07) is 10.0. The second kappa shape index (κ2) is 10.1. The molecule has 4 rings (SSSR count). The zero-order valence-corrected chi connectivity index (χ0v) is 18.2. The molecule has 33 heavy (non-hydrogen) atoms. The van der Waals surface area contributed by atoms with Gasteiger partial charge in [-0.25, -0.2) is 9.78 Å². The fourth-order valence-corrected chi connectivity index (χ4v) is 3.64. The normalized spacial score (nSPS) is 15.2. The van der Waals surface area contributed by atoms with Crippen molar-refractivity contribution in [3.63, 3.8) is 0 Å². The number of pyridine rings is 1. The van der Waals surface area contributed by atoms with Crippen LogP contribution in [0.4, 0.5) is 13.2 Å². The van der Waals surface area contributed by atoms with Gasteiger partial charge in [0.2, 0.25) is 0 Å². The lowest BCUT2D eigenvalue weighted by Crippen LogP contribution is -2.36. The van der Waals surface area contributed by atoms with E-state index in [9.17, 15) is 18.0 Å². The third-order valence-electron chi connectivity index (χ3n) is 5.51. The number of ketones is 1. The number of likely N-dealkylation sites (tertiary alicyclic amines) is 1. The molecule has 10 heteroatoms. The van der Waals surface area contributed by atoms with Crippen molar-refractivity contribution in [2.24, 2.45) is 5.92 Å². The molecule has 0 saturated carbocycles. The number of Topliss-reactive ketones (excluding diaryl/α,β-unsaturated/α-hetero) is 1. The highest BCUT2D eigenvalue weighted by Crippen LogP contribution is 2.24. The lowest BCUT2D eigenvalue weighted by Gasteiger charge is -2.31. The van der Waals surface area contributed by atoms with E-state index in [1.54, 1.807) is 0 Å². The van der Waals surface area contributed by atoms with E-state index in [0.717, 1.165) is 54.7 Å². The van der Waals surface area contributed by atoms with Gasteiger partial charge < -0.3 is 9.63 Å². The molecule has 0 aliphatic carbocycles. The van der Waals surface area contributed by atoms with Crippen LogP contribution in [0.3, 0.4) is 0 Å². The van der Waals surface area contributed by atoms with Crippen molar-refractivity contribution >= 4 is 22.9 Å². The topological polar surface area (TPSA) is 96.5 Å². The summed E-state index contributed by atoms with van der Waals surface area (Å²) in [6.45, 7) is 6.68. The van der Waals surface area contributed by atoms with E-state index in [1.165, 1.54) is 5.56 Å². The second-order valence-corrected chi connectivity index (χ2v) is 8.05. The Morgan fingerprint density at radius 3 is 2.33 bits per heavy atom. The highest BCUT2D eigenvalue weighted by atomic mass is 19.4. The van der Waals surface area contributed by atoms with E-state index in [-0.39, 0.29) is 11.7 Å². The molecule has 1 aliphatic heterocycles. The van der Waals surface area contributed by atoms with E-state index >= 15 is 0 Å². The maximum Gasteiger partial charge on any atom is 0.490 e. The lowest BCUT2D eigenvalue weighted by atomic mass is 9.88. The molecular formula is C23H24F3N3O4. The van der Waals surface area contributed by atoms with Crippen molar-refractivity contribution in [3.8, 4) is 0 Å². The summed E-state index contributed by atoms with van der Waals surface area (Å²) >= 11 is 0. The smallest absolute Gasteiger partial charge is 0.475 e. The molecule has 3 heterocycles. The van der Waals surface area contributed by atoms with Gasteiger partial charge in [-0.3, -0.25) is 9.69 Å². The van der Waals surface area contributed by atoms with Crippen molar-refractivity contribution in [2.45, 2.75) is 39.4 Å². The molecule has 1 aliphatic rings. The van der Waals surface area contributed by atoms with Gasteiger partial charge in [-0.05, 0) is 51.4 Å². The fourth-order valence-electron chi connectivity index (χ4n) is 3.64. The van der Waals surface area contributed by atoms with Crippen LogP contribution in [0.5, 0.6) is 0 Å². The number of hydrogen-bond donors (Lipinski definition) is 1. The van der Waals surface area contributed by atoms with Crippen molar-refractivity contribution in [1.82, 2.24) is 15.0 Å². The van der Waals surface area contributed by atoms with Crippen LogP contribution >= 0.6 is 0 Å². The molecule has 0 radical (unpaired) electrons. The number of halogens is 3. The third kappa shape index (κ3) is 6.38. The molecule has 0 spiro atoms. The van der Waals surface area contributed by atoms with Crippen LogP contribution in [-0.4, -0.2) is 51.2 Å². The number of benzene rings is 1. The van der Waals surface area contributed by atoms with Crippen LogP contribution in [0, 0.1) is 19.8 Å². The third-order valence-corrected chi connectivity index (χ3v) is 5.51.